The summed E-state index contributed by atoms with van der Waals surface area (Å²) in [5.74, 6) is -0.842. The number of rotatable bonds is 5. The lowest BCUT2D eigenvalue weighted by atomic mass is 9.82. The summed E-state index contributed by atoms with van der Waals surface area (Å²) in [4.78, 5) is 0. The summed E-state index contributed by atoms with van der Waals surface area (Å²) in [7, 11) is 0. The van der Waals surface area contributed by atoms with E-state index in [1.165, 1.54) is 6.07 Å². The third-order valence-electron chi connectivity index (χ3n) is 5.28. The molecule has 0 spiro atoms. The van der Waals surface area contributed by atoms with E-state index in [4.69, 9.17) is 4.74 Å². The third-order valence-corrected chi connectivity index (χ3v) is 5.28. The highest BCUT2D eigenvalue weighted by atomic mass is 19.1. The minimum atomic E-state index is -0.865. The van der Waals surface area contributed by atoms with Crippen LogP contribution in [0.2, 0.25) is 0 Å². The van der Waals surface area contributed by atoms with Crippen LogP contribution in [0.3, 0.4) is 0 Å². The standard InChI is InChI=1S/C24H24FNO2/c25-21-12-11-19(17-7-3-1-4-8-17)15-20(21)23(18-9-5-2-6-10-18)24(27)22-16-26-13-14-28-22/h1-12,15,22-24,26-27H,13-14,16H2. The Hall–Kier alpha value is -2.53. The number of nitrogens with one attached hydrogen (secondary N) is 1. The van der Waals surface area contributed by atoms with Crippen LogP contribution in [0.1, 0.15) is 17.0 Å². The van der Waals surface area contributed by atoms with Crippen molar-refractivity contribution >= 4 is 0 Å². The van der Waals surface area contributed by atoms with Gasteiger partial charge in [-0.3, -0.25) is 0 Å². The highest BCUT2D eigenvalue weighted by Crippen LogP contribution is 2.35. The van der Waals surface area contributed by atoms with Gasteiger partial charge < -0.3 is 15.2 Å². The highest BCUT2D eigenvalue weighted by Gasteiger charge is 2.33. The van der Waals surface area contributed by atoms with Gasteiger partial charge in [0.1, 0.15) is 5.82 Å². The second-order valence-electron chi connectivity index (χ2n) is 7.09. The number of morpholine rings is 1. The Morgan fingerprint density at radius 2 is 1.64 bits per heavy atom. The van der Waals surface area contributed by atoms with E-state index in [0.29, 0.717) is 18.7 Å². The van der Waals surface area contributed by atoms with Crippen LogP contribution in [0.25, 0.3) is 11.1 Å². The van der Waals surface area contributed by atoms with Gasteiger partial charge in [-0.25, -0.2) is 4.39 Å². The molecule has 1 aliphatic rings. The average molecular weight is 377 g/mol. The summed E-state index contributed by atoms with van der Waals surface area (Å²) in [6, 6.07) is 24.6. The molecule has 4 rings (SSSR count). The van der Waals surface area contributed by atoms with E-state index in [1.54, 1.807) is 6.07 Å². The maximum absolute atomic E-state index is 15.0. The minimum absolute atomic E-state index is 0.323. The van der Waals surface area contributed by atoms with E-state index in [-0.39, 0.29) is 5.82 Å². The Kier molecular flexibility index (Phi) is 5.81. The SMILES string of the molecule is OC(C1CNCCO1)C(c1ccccc1)c1cc(-c2ccccc2)ccc1F. The van der Waals surface area contributed by atoms with E-state index in [2.05, 4.69) is 5.32 Å². The van der Waals surface area contributed by atoms with Gasteiger partial charge in [-0.05, 0) is 34.4 Å². The number of hydrogen-bond donors (Lipinski definition) is 2. The monoisotopic (exact) mass is 377 g/mol. The molecule has 0 amide bonds. The summed E-state index contributed by atoms with van der Waals surface area (Å²) in [6.07, 6.45) is -1.26. The van der Waals surface area contributed by atoms with Gasteiger partial charge in [0.2, 0.25) is 0 Å². The molecule has 0 aromatic heterocycles. The lowest BCUT2D eigenvalue weighted by Crippen LogP contribution is -2.47. The topological polar surface area (TPSA) is 41.5 Å². The molecule has 1 heterocycles. The molecule has 3 atom stereocenters. The summed E-state index contributed by atoms with van der Waals surface area (Å²) >= 11 is 0. The fourth-order valence-corrected chi connectivity index (χ4v) is 3.83. The summed E-state index contributed by atoms with van der Waals surface area (Å²) < 4.78 is 20.8. The Morgan fingerprint density at radius 1 is 0.929 bits per heavy atom. The first-order valence-electron chi connectivity index (χ1n) is 9.64. The molecule has 1 saturated heterocycles. The maximum atomic E-state index is 15.0. The predicted molar refractivity (Wildman–Crippen MR) is 109 cm³/mol. The van der Waals surface area contributed by atoms with Crippen molar-refractivity contribution in [3.63, 3.8) is 0 Å². The Morgan fingerprint density at radius 3 is 2.32 bits per heavy atom. The first kappa shape index (κ1) is 18.8. The molecule has 144 valence electrons. The maximum Gasteiger partial charge on any atom is 0.127 e. The van der Waals surface area contributed by atoms with Crippen molar-refractivity contribution in [2.45, 2.75) is 18.1 Å². The molecule has 4 heteroatoms. The molecule has 3 aromatic carbocycles. The fourth-order valence-electron chi connectivity index (χ4n) is 3.83. The molecule has 0 aliphatic carbocycles. The van der Waals surface area contributed by atoms with Crippen molar-refractivity contribution in [3.05, 3.63) is 95.8 Å². The minimum Gasteiger partial charge on any atom is -0.389 e. The molecule has 0 saturated carbocycles. The predicted octanol–water partition coefficient (Wildman–Crippen LogP) is 3.97. The van der Waals surface area contributed by atoms with Crippen molar-refractivity contribution in [2.75, 3.05) is 19.7 Å². The van der Waals surface area contributed by atoms with Crippen molar-refractivity contribution in [1.29, 1.82) is 0 Å². The zero-order valence-corrected chi connectivity index (χ0v) is 15.6. The van der Waals surface area contributed by atoms with Crippen molar-refractivity contribution in [1.82, 2.24) is 5.32 Å². The number of aliphatic hydroxyl groups excluding tert-OH is 1. The van der Waals surface area contributed by atoms with Crippen molar-refractivity contribution in [3.8, 4) is 11.1 Å². The van der Waals surface area contributed by atoms with E-state index in [0.717, 1.165) is 23.2 Å². The fraction of sp³-hybridized carbons (Fsp3) is 0.250. The van der Waals surface area contributed by atoms with Crippen LogP contribution in [0.5, 0.6) is 0 Å². The molecular formula is C24H24FNO2. The van der Waals surface area contributed by atoms with Crippen LogP contribution in [-0.4, -0.2) is 37.0 Å². The zero-order valence-electron chi connectivity index (χ0n) is 15.6. The molecule has 28 heavy (non-hydrogen) atoms. The smallest absolute Gasteiger partial charge is 0.127 e. The first-order valence-corrected chi connectivity index (χ1v) is 9.64. The van der Waals surface area contributed by atoms with Crippen molar-refractivity contribution in [2.24, 2.45) is 0 Å². The van der Waals surface area contributed by atoms with E-state index in [9.17, 15) is 9.50 Å². The average Bonchev–Trinajstić information content (AvgIpc) is 2.77. The number of benzene rings is 3. The van der Waals surface area contributed by atoms with E-state index >= 15 is 0 Å². The van der Waals surface area contributed by atoms with Gasteiger partial charge in [0.25, 0.3) is 0 Å². The van der Waals surface area contributed by atoms with Gasteiger partial charge in [-0.15, -0.1) is 0 Å². The second-order valence-corrected chi connectivity index (χ2v) is 7.09. The Balaban J connectivity index is 1.78. The van der Waals surface area contributed by atoms with Crippen molar-refractivity contribution < 1.29 is 14.2 Å². The van der Waals surface area contributed by atoms with Crippen LogP contribution in [0.4, 0.5) is 4.39 Å². The van der Waals surface area contributed by atoms with E-state index in [1.807, 2.05) is 66.7 Å². The largest absolute Gasteiger partial charge is 0.389 e. The van der Waals surface area contributed by atoms with E-state index < -0.39 is 18.1 Å². The van der Waals surface area contributed by atoms with Gasteiger partial charge in [-0.2, -0.15) is 0 Å². The van der Waals surface area contributed by atoms with Crippen LogP contribution in [0.15, 0.2) is 78.9 Å². The molecule has 3 nitrogen and oxygen atoms in total. The quantitative estimate of drug-likeness (QED) is 0.707. The van der Waals surface area contributed by atoms with Crippen LogP contribution in [0, 0.1) is 5.82 Å². The van der Waals surface area contributed by atoms with Crippen LogP contribution < -0.4 is 5.32 Å². The normalized spacial score (nSPS) is 19.1. The molecule has 2 N–H and O–H groups in total. The second kappa shape index (κ2) is 8.65. The molecule has 1 aliphatic heterocycles. The summed E-state index contributed by atoms with van der Waals surface area (Å²) in [5.41, 5.74) is 3.29. The molecule has 3 aromatic rings. The molecular weight excluding hydrogens is 353 g/mol. The molecule has 3 unspecified atom stereocenters. The van der Waals surface area contributed by atoms with Gasteiger partial charge in [0.15, 0.2) is 0 Å². The number of hydrogen-bond acceptors (Lipinski definition) is 3. The van der Waals surface area contributed by atoms with Crippen LogP contribution in [-0.2, 0) is 4.74 Å². The number of aliphatic hydroxyl groups is 1. The van der Waals surface area contributed by atoms with Gasteiger partial charge >= 0.3 is 0 Å². The molecule has 0 radical (unpaired) electrons. The van der Waals surface area contributed by atoms with Gasteiger partial charge in [-0.1, -0.05) is 66.7 Å². The van der Waals surface area contributed by atoms with Gasteiger partial charge in [0, 0.05) is 19.0 Å². The Labute approximate surface area is 164 Å². The first-order chi connectivity index (χ1) is 13.7. The number of halogens is 1. The summed E-state index contributed by atoms with van der Waals surface area (Å²) in [6.45, 7) is 1.84. The zero-order chi connectivity index (χ0) is 19.3. The number of ether oxygens (including phenoxy) is 1. The van der Waals surface area contributed by atoms with Gasteiger partial charge in [0.05, 0.1) is 18.8 Å². The molecule has 1 fully saturated rings. The third kappa shape index (κ3) is 3.99. The summed E-state index contributed by atoms with van der Waals surface area (Å²) in [5, 5.41) is 14.4. The molecule has 0 bridgehead atoms. The highest BCUT2D eigenvalue weighted by molar-refractivity contribution is 5.64. The Bertz CT molecular complexity index is 895. The lowest BCUT2D eigenvalue weighted by molar-refractivity contribution is -0.0579. The lowest BCUT2D eigenvalue weighted by Gasteiger charge is -2.33. The van der Waals surface area contributed by atoms with Crippen LogP contribution >= 0.6 is 0 Å².